The van der Waals surface area contributed by atoms with Gasteiger partial charge in [-0.25, -0.2) is 13.1 Å². The van der Waals surface area contributed by atoms with Gasteiger partial charge in [-0.3, -0.25) is 0 Å². The lowest BCUT2D eigenvalue weighted by molar-refractivity contribution is 0.180. The molecule has 0 saturated heterocycles. The fourth-order valence-corrected chi connectivity index (χ4v) is 4.28. The fraction of sp³-hybridized carbons (Fsp3) is 0.571. The Morgan fingerprint density at radius 1 is 1.38 bits per heavy atom. The van der Waals surface area contributed by atoms with Crippen LogP contribution in [0.4, 0.5) is 0 Å². The number of halogens is 1. The maximum absolute atomic E-state index is 12.5. The highest BCUT2D eigenvalue weighted by Crippen LogP contribution is 2.27. The van der Waals surface area contributed by atoms with E-state index in [1.54, 1.807) is 20.1 Å². The van der Waals surface area contributed by atoms with Crippen LogP contribution in [0.1, 0.15) is 25.0 Å². The van der Waals surface area contributed by atoms with Gasteiger partial charge >= 0.3 is 0 Å². The van der Waals surface area contributed by atoms with Gasteiger partial charge in [0.05, 0.1) is 11.5 Å². The van der Waals surface area contributed by atoms with Crippen molar-refractivity contribution in [1.82, 2.24) is 10.0 Å². The first kappa shape index (κ1) is 18.6. The van der Waals surface area contributed by atoms with Crippen molar-refractivity contribution in [3.63, 3.8) is 0 Å². The highest BCUT2D eigenvalue weighted by Gasteiger charge is 2.22. The second kappa shape index (κ2) is 8.24. The third-order valence-electron chi connectivity index (χ3n) is 2.92. The van der Waals surface area contributed by atoms with Crippen molar-refractivity contribution >= 4 is 26.0 Å². The highest BCUT2D eigenvalue weighted by molar-refractivity contribution is 9.10. The number of nitrogens with one attached hydrogen (secondary N) is 2. The molecule has 120 valence electrons. The Bertz CT molecular complexity index is 576. The zero-order valence-electron chi connectivity index (χ0n) is 12.9. The summed E-state index contributed by atoms with van der Waals surface area (Å²) in [6, 6.07) is 3.39. The summed E-state index contributed by atoms with van der Waals surface area (Å²) in [5.41, 5.74) is 1.84. The Labute approximate surface area is 135 Å². The minimum Gasteiger partial charge on any atom is -0.383 e. The lowest BCUT2D eigenvalue weighted by Gasteiger charge is -2.16. The summed E-state index contributed by atoms with van der Waals surface area (Å²) in [4.78, 5) is 0.262. The molecular formula is C14H23BrN2O3S. The van der Waals surface area contributed by atoms with Crippen LogP contribution in [0, 0.1) is 6.92 Å². The first-order chi connectivity index (χ1) is 9.81. The normalized spacial score (nSPS) is 13.4. The van der Waals surface area contributed by atoms with Crippen molar-refractivity contribution in [1.29, 1.82) is 0 Å². The summed E-state index contributed by atoms with van der Waals surface area (Å²) in [6.45, 7) is 7.47. The van der Waals surface area contributed by atoms with Gasteiger partial charge < -0.3 is 10.1 Å². The molecule has 1 atom stereocenters. The summed E-state index contributed by atoms with van der Waals surface area (Å²) >= 11 is 3.38. The number of ether oxygens (including phenoxy) is 1. The molecule has 0 bridgehead atoms. The lowest BCUT2D eigenvalue weighted by atomic mass is 10.1. The second-order valence-corrected chi connectivity index (χ2v) is 7.46. The van der Waals surface area contributed by atoms with Crippen molar-refractivity contribution in [2.45, 2.75) is 38.3 Å². The van der Waals surface area contributed by atoms with Crippen molar-refractivity contribution in [2.24, 2.45) is 0 Å². The van der Waals surface area contributed by atoms with Gasteiger partial charge in [-0.15, -0.1) is 0 Å². The average Bonchev–Trinajstić information content (AvgIpc) is 2.39. The third kappa shape index (κ3) is 5.34. The first-order valence-corrected chi connectivity index (χ1v) is 9.10. The fourth-order valence-electron chi connectivity index (χ4n) is 1.99. The van der Waals surface area contributed by atoms with Crippen LogP contribution in [0.5, 0.6) is 0 Å². The predicted molar refractivity (Wildman–Crippen MR) is 87.9 cm³/mol. The molecule has 0 saturated carbocycles. The second-order valence-electron chi connectivity index (χ2n) is 4.98. The van der Waals surface area contributed by atoms with Gasteiger partial charge in [0, 0.05) is 24.2 Å². The quantitative estimate of drug-likeness (QED) is 0.727. The number of rotatable bonds is 8. The van der Waals surface area contributed by atoms with Gasteiger partial charge in [-0.1, -0.05) is 13.0 Å². The van der Waals surface area contributed by atoms with Crippen LogP contribution in [0.2, 0.25) is 0 Å². The van der Waals surface area contributed by atoms with E-state index in [1.165, 1.54) is 0 Å². The topological polar surface area (TPSA) is 67.4 Å². The number of hydrogen-bond acceptors (Lipinski definition) is 4. The van der Waals surface area contributed by atoms with E-state index in [9.17, 15) is 8.42 Å². The average molecular weight is 379 g/mol. The van der Waals surface area contributed by atoms with E-state index in [4.69, 9.17) is 4.74 Å². The van der Waals surface area contributed by atoms with Gasteiger partial charge in [-0.2, -0.15) is 0 Å². The Balaban J connectivity index is 3.12. The molecule has 1 aromatic carbocycles. The molecule has 1 unspecified atom stereocenters. The van der Waals surface area contributed by atoms with Crippen LogP contribution >= 0.6 is 15.9 Å². The van der Waals surface area contributed by atoms with Crippen molar-refractivity contribution in [2.75, 3.05) is 20.3 Å². The molecule has 5 nitrogen and oxygen atoms in total. The van der Waals surface area contributed by atoms with E-state index in [0.717, 1.165) is 17.7 Å². The Morgan fingerprint density at radius 3 is 2.62 bits per heavy atom. The monoisotopic (exact) mass is 378 g/mol. The van der Waals surface area contributed by atoms with Crippen molar-refractivity contribution in [3.8, 4) is 0 Å². The largest absolute Gasteiger partial charge is 0.383 e. The molecule has 0 aliphatic heterocycles. The summed E-state index contributed by atoms with van der Waals surface area (Å²) < 4.78 is 33.2. The van der Waals surface area contributed by atoms with Crippen LogP contribution in [0.25, 0.3) is 0 Å². The SMILES string of the molecule is CCNCc1cc(C)c(Br)c(S(=O)(=O)NC(C)COC)c1. The van der Waals surface area contributed by atoms with E-state index < -0.39 is 10.0 Å². The van der Waals surface area contributed by atoms with E-state index >= 15 is 0 Å². The first-order valence-electron chi connectivity index (χ1n) is 6.82. The van der Waals surface area contributed by atoms with Gasteiger partial charge in [0.25, 0.3) is 0 Å². The molecule has 7 heteroatoms. The minimum absolute atomic E-state index is 0.262. The molecule has 21 heavy (non-hydrogen) atoms. The summed E-state index contributed by atoms with van der Waals surface area (Å²) in [5.74, 6) is 0. The number of aryl methyl sites for hydroxylation is 1. The zero-order valence-corrected chi connectivity index (χ0v) is 15.3. The van der Waals surface area contributed by atoms with Crippen LogP contribution < -0.4 is 10.0 Å². The molecule has 0 amide bonds. The van der Waals surface area contributed by atoms with E-state index in [1.807, 2.05) is 19.9 Å². The Hall–Kier alpha value is -0.470. The third-order valence-corrected chi connectivity index (χ3v) is 5.85. The van der Waals surface area contributed by atoms with Crippen LogP contribution in [-0.4, -0.2) is 34.7 Å². The van der Waals surface area contributed by atoms with Crippen molar-refractivity contribution in [3.05, 3.63) is 27.7 Å². The molecule has 0 fully saturated rings. The number of benzene rings is 1. The zero-order chi connectivity index (χ0) is 16.0. The standard InChI is InChI=1S/C14H23BrN2O3S/c1-5-16-8-12-6-10(2)14(15)13(7-12)21(18,19)17-11(3)9-20-4/h6-7,11,16-17H,5,8-9H2,1-4H3. The van der Waals surface area contributed by atoms with Gasteiger partial charge in [0.2, 0.25) is 10.0 Å². The Morgan fingerprint density at radius 2 is 2.05 bits per heavy atom. The summed E-state index contributed by atoms with van der Waals surface area (Å²) in [7, 11) is -2.04. The molecule has 0 aromatic heterocycles. The molecule has 0 spiro atoms. The molecular weight excluding hydrogens is 356 g/mol. The number of methoxy groups -OCH3 is 1. The molecule has 1 rings (SSSR count). The maximum Gasteiger partial charge on any atom is 0.242 e. The maximum atomic E-state index is 12.5. The highest BCUT2D eigenvalue weighted by atomic mass is 79.9. The molecule has 0 aliphatic carbocycles. The van der Waals surface area contributed by atoms with Gasteiger partial charge in [0.15, 0.2) is 0 Å². The van der Waals surface area contributed by atoms with Gasteiger partial charge in [-0.05, 0) is 53.5 Å². The Kier molecular flexibility index (Phi) is 7.29. The van der Waals surface area contributed by atoms with Crippen LogP contribution in [0.15, 0.2) is 21.5 Å². The predicted octanol–water partition coefficient (Wildman–Crippen LogP) is 2.18. The van der Waals surface area contributed by atoms with E-state index in [-0.39, 0.29) is 10.9 Å². The number of sulfonamides is 1. The molecule has 2 N–H and O–H groups in total. The van der Waals surface area contributed by atoms with Crippen LogP contribution in [-0.2, 0) is 21.3 Å². The lowest BCUT2D eigenvalue weighted by Crippen LogP contribution is -2.35. The minimum atomic E-state index is -3.59. The summed E-state index contributed by atoms with van der Waals surface area (Å²) in [5, 5.41) is 3.20. The van der Waals surface area contributed by atoms with Crippen molar-refractivity contribution < 1.29 is 13.2 Å². The molecule has 0 aliphatic rings. The van der Waals surface area contributed by atoms with E-state index in [2.05, 4.69) is 26.0 Å². The summed E-state index contributed by atoms with van der Waals surface area (Å²) in [6.07, 6.45) is 0. The van der Waals surface area contributed by atoms with Crippen LogP contribution in [0.3, 0.4) is 0 Å². The molecule has 0 radical (unpaired) electrons. The van der Waals surface area contributed by atoms with Gasteiger partial charge in [0.1, 0.15) is 0 Å². The van der Waals surface area contributed by atoms with E-state index in [0.29, 0.717) is 17.6 Å². The smallest absolute Gasteiger partial charge is 0.242 e. The number of hydrogen-bond donors (Lipinski definition) is 2. The molecule has 0 heterocycles. The molecule has 1 aromatic rings.